The third-order valence-electron chi connectivity index (χ3n) is 4.07. The first-order valence-electron chi connectivity index (χ1n) is 7.55. The molecule has 3 rings (SSSR count). The monoisotopic (exact) mass is 320 g/mol. The van der Waals surface area contributed by atoms with Crippen LogP contribution in [0, 0.1) is 6.92 Å². The zero-order chi connectivity index (χ0) is 14.7. The fourth-order valence-electron chi connectivity index (χ4n) is 2.78. The molecule has 0 spiro atoms. The van der Waals surface area contributed by atoms with E-state index in [2.05, 4.69) is 46.8 Å². The van der Waals surface area contributed by atoms with E-state index in [9.17, 15) is 0 Å². The zero-order valence-corrected chi connectivity index (χ0v) is 13.9. The molecule has 0 aliphatic carbocycles. The molecule has 0 amide bonds. The first kappa shape index (κ1) is 14.7. The van der Waals surface area contributed by atoms with Crippen molar-refractivity contribution in [2.45, 2.75) is 32.7 Å². The largest absolute Gasteiger partial charge is 0.380 e. The average Bonchev–Trinajstić information content (AvgIpc) is 2.91. The van der Waals surface area contributed by atoms with Crippen LogP contribution in [0.25, 0.3) is 0 Å². The van der Waals surface area contributed by atoms with Crippen LogP contribution in [0.2, 0.25) is 5.02 Å². The van der Waals surface area contributed by atoms with Crippen LogP contribution in [0.1, 0.15) is 29.7 Å². The Kier molecular flexibility index (Phi) is 4.71. The van der Waals surface area contributed by atoms with Crippen LogP contribution in [-0.2, 0) is 6.54 Å². The van der Waals surface area contributed by atoms with Crippen molar-refractivity contribution in [3.63, 3.8) is 0 Å². The van der Waals surface area contributed by atoms with Crippen LogP contribution in [-0.4, -0.2) is 13.1 Å². The Morgan fingerprint density at radius 2 is 2.00 bits per heavy atom. The summed E-state index contributed by atoms with van der Waals surface area (Å²) in [4.78, 5) is 3.78. The first-order valence-corrected chi connectivity index (χ1v) is 8.81. The number of piperidine rings is 1. The topological polar surface area (TPSA) is 15.3 Å². The second-order valence-electron chi connectivity index (χ2n) is 5.59. The minimum absolute atomic E-state index is 0.852. The van der Waals surface area contributed by atoms with E-state index >= 15 is 0 Å². The van der Waals surface area contributed by atoms with Crippen LogP contribution in [0.15, 0.2) is 29.6 Å². The predicted molar refractivity (Wildman–Crippen MR) is 93.9 cm³/mol. The van der Waals surface area contributed by atoms with Crippen molar-refractivity contribution in [3.05, 3.63) is 45.1 Å². The van der Waals surface area contributed by atoms with Gasteiger partial charge in [0.05, 0.1) is 10.7 Å². The van der Waals surface area contributed by atoms with Gasteiger partial charge in [-0.25, -0.2) is 0 Å². The van der Waals surface area contributed by atoms with E-state index < -0.39 is 0 Å². The molecule has 0 unspecified atom stereocenters. The molecule has 1 aliphatic rings. The maximum Gasteiger partial charge on any atom is 0.0660 e. The highest BCUT2D eigenvalue weighted by atomic mass is 35.5. The van der Waals surface area contributed by atoms with Crippen LogP contribution >= 0.6 is 22.9 Å². The molecule has 1 fully saturated rings. The summed E-state index contributed by atoms with van der Waals surface area (Å²) in [6.07, 6.45) is 3.88. The minimum Gasteiger partial charge on any atom is -0.380 e. The van der Waals surface area contributed by atoms with Crippen molar-refractivity contribution in [1.29, 1.82) is 0 Å². The van der Waals surface area contributed by atoms with E-state index in [1.54, 1.807) is 11.3 Å². The summed E-state index contributed by atoms with van der Waals surface area (Å²) in [7, 11) is 0. The number of halogens is 1. The molecule has 2 heterocycles. The van der Waals surface area contributed by atoms with Gasteiger partial charge in [0.1, 0.15) is 0 Å². The van der Waals surface area contributed by atoms with Gasteiger partial charge in [0.2, 0.25) is 0 Å². The van der Waals surface area contributed by atoms with Gasteiger partial charge in [-0.2, -0.15) is 0 Å². The summed E-state index contributed by atoms with van der Waals surface area (Å²) in [5, 5.41) is 6.46. The Hall–Kier alpha value is -1.19. The number of hydrogen-bond donors (Lipinski definition) is 1. The molecule has 1 aromatic carbocycles. The second kappa shape index (κ2) is 6.71. The normalized spacial score (nSPS) is 15.2. The molecule has 0 saturated carbocycles. The van der Waals surface area contributed by atoms with E-state index in [4.69, 9.17) is 11.6 Å². The number of rotatable bonds is 4. The lowest BCUT2D eigenvalue weighted by atomic mass is 10.1. The van der Waals surface area contributed by atoms with E-state index in [1.807, 2.05) is 0 Å². The Morgan fingerprint density at radius 1 is 1.19 bits per heavy atom. The highest BCUT2D eigenvalue weighted by Gasteiger charge is 2.14. The zero-order valence-electron chi connectivity index (χ0n) is 12.4. The van der Waals surface area contributed by atoms with Gasteiger partial charge in [-0.15, -0.1) is 11.3 Å². The SMILES string of the molecule is Cc1ccsc1CNc1ccc(N2CCCCC2)c(Cl)c1. The molecule has 1 saturated heterocycles. The molecule has 21 heavy (non-hydrogen) atoms. The number of aryl methyl sites for hydroxylation is 1. The van der Waals surface area contributed by atoms with Gasteiger partial charge in [0.25, 0.3) is 0 Å². The molecule has 2 nitrogen and oxygen atoms in total. The number of nitrogens with zero attached hydrogens (tertiary/aromatic N) is 1. The van der Waals surface area contributed by atoms with E-state index in [-0.39, 0.29) is 0 Å². The molecular formula is C17H21ClN2S. The van der Waals surface area contributed by atoms with Gasteiger partial charge < -0.3 is 10.2 Å². The average molecular weight is 321 g/mol. The molecule has 112 valence electrons. The van der Waals surface area contributed by atoms with E-state index in [0.29, 0.717) is 0 Å². The summed E-state index contributed by atoms with van der Waals surface area (Å²) in [6.45, 7) is 5.27. The predicted octanol–water partition coefficient (Wildman–Crippen LogP) is 5.31. The number of nitrogens with one attached hydrogen (secondary N) is 1. The Labute approximate surface area is 135 Å². The quantitative estimate of drug-likeness (QED) is 0.821. The van der Waals surface area contributed by atoms with Gasteiger partial charge in [-0.1, -0.05) is 11.6 Å². The molecule has 1 aliphatic heterocycles. The van der Waals surface area contributed by atoms with Gasteiger partial charge >= 0.3 is 0 Å². The molecule has 0 radical (unpaired) electrons. The second-order valence-corrected chi connectivity index (χ2v) is 7.00. The van der Waals surface area contributed by atoms with Gasteiger partial charge in [-0.3, -0.25) is 0 Å². The number of hydrogen-bond acceptors (Lipinski definition) is 3. The summed E-state index contributed by atoms with van der Waals surface area (Å²) < 4.78 is 0. The van der Waals surface area contributed by atoms with Crippen molar-refractivity contribution in [1.82, 2.24) is 0 Å². The Morgan fingerprint density at radius 3 is 2.67 bits per heavy atom. The standard InChI is InChI=1S/C17H21ClN2S/c1-13-7-10-21-17(13)12-19-14-5-6-16(15(18)11-14)20-8-3-2-4-9-20/h5-7,10-11,19H,2-4,8-9,12H2,1H3. The van der Waals surface area contributed by atoms with Crippen LogP contribution in [0.5, 0.6) is 0 Å². The molecule has 0 atom stereocenters. The van der Waals surface area contributed by atoms with Crippen molar-refractivity contribution in [3.8, 4) is 0 Å². The van der Waals surface area contributed by atoms with E-state index in [0.717, 1.165) is 30.3 Å². The summed E-state index contributed by atoms with van der Waals surface area (Å²) in [5.74, 6) is 0. The number of anilines is 2. The minimum atomic E-state index is 0.852. The summed E-state index contributed by atoms with van der Waals surface area (Å²) in [6, 6.07) is 8.50. The molecule has 2 aromatic rings. The Balaban J connectivity index is 1.67. The van der Waals surface area contributed by atoms with Crippen LogP contribution in [0.4, 0.5) is 11.4 Å². The molecule has 1 aromatic heterocycles. The van der Waals surface area contributed by atoms with Gasteiger partial charge in [-0.05, 0) is 61.4 Å². The third-order valence-corrected chi connectivity index (χ3v) is 5.39. The van der Waals surface area contributed by atoms with E-state index in [1.165, 1.54) is 35.4 Å². The lowest BCUT2D eigenvalue weighted by Crippen LogP contribution is -2.29. The summed E-state index contributed by atoms with van der Waals surface area (Å²) >= 11 is 8.27. The molecule has 0 bridgehead atoms. The highest BCUT2D eigenvalue weighted by molar-refractivity contribution is 7.10. The highest BCUT2D eigenvalue weighted by Crippen LogP contribution is 2.31. The van der Waals surface area contributed by atoms with Crippen LogP contribution in [0.3, 0.4) is 0 Å². The lowest BCUT2D eigenvalue weighted by molar-refractivity contribution is 0.578. The lowest BCUT2D eigenvalue weighted by Gasteiger charge is -2.29. The fourth-order valence-corrected chi connectivity index (χ4v) is 3.92. The molecular weight excluding hydrogens is 300 g/mol. The van der Waals surface area contributed by atoms with Crippen molar-refractivity contribution in [2.75, 3.05) is 23.3 Å². The fraction of sp³-hybridized carbons (Fsp3) is 0.412. The van der Waals surface area contributed by atoms with Crippen molar-refractivity contribution < 1.29 is 0 Å². The van der Waals surface area contributed by atoms with Crippen molar-refractivity contribution >= 4 is 34.3 Å². The molecule has 4 heteroatoms. The maximum absolute atomic E-state index is 6.48. The smallest absolute Gasteiger partial charge is 0.0660 e. The number of thiophene rings is 1. The maximum atomic E-state index is 6.48. The molecule has 1 N–H and O–H groups in total. The number of benzene rings is 1. The first-order chi connectivity index (χ1) is 10.2. The van der Waals surface area contributed by atoms with Gasteiger partial charge in [0.15, 0.2) is 0 Å². The Bertz CT molecular complexity index is 603. The van der Waals surface area contributed by atoms with Gasteiger partial charge in [0, 0.05) is 30.2 Å². The third kappa shape index (κ3) is 3.53. The van der Waals surface area contributed by atoms with Crippen LogP contribution < -0.4 is 10.2 Å². The summed E-state index contributed by atoms with van der Waals surface area (Å²) in [5.41, 5.74) is 3.62. The van der Waals surface area contributed by atoms with Crippen molar-refractivity contribution in [2.24, 2.45) is 0 Å².